The largest absolute Gasteiger partial charge is 0.364 e. The molecule has 0 amide bonds. The van der Waals surface area contributed by atoms with Crippen molar-refractivity contribution in [2.45, 2.75) is 0 Å². The summed E-state index contributed by atoms with van der Waals surface area (Å²) in [5.74, 6) is 0. The predicted octanol–water partition coefficient (Wildman–Crippen LogP) is 1.81. The normalized spacial score (nSPS) is 10.5. The van der Waals surface area contributed by atoms with Gasteiger partial charge in [0.2, 0.25) is 0 Å². The van der Waals surface area contributed by atoms with E-state index in [0.29, 0.717) is 10.8 Å². The van der Waals surface area contributed by atoms with Crippen LogP contribution in [0.2, 0.25) is 0 Å². The quantitative estimate of drug-likeness (QED) is 0.389. The number of nitro groups is 1. The first-order valence-electron chi connectivity index (χ1n) is 6.05. The second kappa shape index (κ2) is 6.62. The molecule has 0 saturated carbocycles. The first kappa shape index (κ1) is 14.7. The van der Waals surface area contributed by atoms with Crippen LogP contribution in [-0.2, 0) is 0 Å². The number of aromatic nitrogens is 1. The van der Waals surface area contributed by atoms with E-state index >= 15 is 0 Å². The van der Waals surface area contributed by atoms with Gasteiger partial charge in [0.05, 0.1) is 22.5 Å². The Morgan fingerprint density at radius 2 is 2.24 bits per heavy atom. The second-order valence-electron chi connectivity index (χ2n) is 4.03. The van der Waals surface area contributed by atoms with Crippen LogP contribution in [0.25, 0.3) is 5.69 Å². The standard InChI is InChI=1S/C13H13N5O2S/c1-14-13(21)16-15-9-12-6-3-7-17(12)10-4-2-5-11(8-10)18(19)20/h2-9H,1H3,(H2,14,16,21)/b15-9-. The van der Waals surface area contributed by atoms with Crippen LogP contribution in [0, 0.1) is 10.1 Å². The number of benzene rings is 1. The van der Waals surface area contributed by atoms with Crippen LogP contribution in [0.3, 0.4) is 0 Å². The Kier molecular flexibility index (Phi) is 4.62. The highest BCUT2D eigenvalue weighted by atomic mass is 32.1. The zero-order valence-electron chi connectivity index (χ0n) is 11.2. The first-order chi connectivity index (χ1) is 10.1. The van der Waals surface area contributed by atoms with Crippen molar-refractivity contribution in [2.24, 2.45) is 5.10 Å². The van der Waals surface area contributed by atoms with E-state index in [2.05, 4.69) is 15.8 Å². The summed E-state index contributed by atoms with van der Waals surface area (Å²) in [6.07, 6.45) is 3.39. The highest BCUT2D eigenvalue weighted by Gasteiger charge is 2.08. The molecule has 2 rings (SSSR count). The molecule has 0 fully saturated rings. The Labute approximate surface area is 126 Å². The summed E-state index contributed by atoms with van der Waals surface area (Å²) in [5.41, 5.74) is 4.14. The van der Waals surface area contributed by atoms with E-state index in [4.69, 9.17) is 12.2 Å². The fourth-order valence-corrected chi connectivity index (χ4v) is 1.76. The maximum absolute atomic E-state index is 10.8. The van der Waals surface area contributed by atoms with E-state index in [1.165, 1.54) is 12.1 Å². The molecule has 0 unspecified atom stereocenters. The van der Waals surface area contributed by atoms with Gasteiger partial charge in [0, 0.05) is 25.4 Å². The van der Waals surface area contributed by atoms with Gasteiger partial charge in [-0.15, -0.1) is 0 Å². The molecule has 1 aromatic heterocycles. The van der Waals surface area contributed by atoms with E-state index in [1.54, 1.807) is 36.2 Å². The Hall–Kier alpha value is -2.74. The van der Waals surface area contributed by atoms with Crippen molar-refractivity contribution in [1.29, 1.82) is 0 Å². The van der Waals surface area contributed by atoms with Gasteiger partial charge in [-0.25, -0.2) is 0 Å². The summed E-state index contributed by atoms with van der Waals surface area (Å²) in [4.78, 5) is 10.4. The monoisotopic (exact) mass is 303 g/mol. The number of non-ortho nitro benzene ring substituents is 1. The van der Waals surface area contributed by atoms with Gasteiger partial charge in [0.15, 0.2) is 5.11 Å². The number of hydrazone groups is 1. The molecule has 0 bridgehead atoms. The van der Waals surface area contributed by atoms with Crippen molar-refractivity contribution < 1.29 is 4.92 Å². The van der Waals surface area contributed by atoms with Crippen molar-refractivity contribution in [2.75, 3.05) is 7.05 Å². The van der Waals surface area contributed by atoms with Gasteiger partial charge in [-0.1, -0.05) is 6.07 Å². The Morgan fingerprint density at radius 1 is 1.43 bits per heavy atom. The van der Waals surface area contributed by atoms with E-state index in [0.717, 1.165) is 5.69 Å². The van der Waals surface area contributed by atoms with Crippen molar-refractivity contribution in [3.05, 3.63) is 58.4 Å². The van der Waals surface area contributed by atoms with Gasteiger partial charge in [-0.3, -0.25) is 15.5 Å². The van der Waals surface area contributed by atoms with Crippen LogP contribution in [0.15, 0.2) is 47.7 Å². The lowest BCUT2D eigenvalue weighted by atomic mass is 10.2. The molecule has 8 heteroatoms. The molecule has 0 aliphatic heterocycles. The van der Waals surface area contributed by atoms with Crippen molar-refractivity contribution in [3.63, 3.8) is 0 Å². The molecule has 0 atom stereocenters. The van der Waals surface area contributed by atoms with E-state index in [1.807, 2.05) is 12.1 Å². The molecule has 21 heavy (non-hydrogen) atoms. The Bertz CT molecular complexity index is 695. The zero-order valence-corrected chi connectivity index (χ0v) is 12.0. The summed E-state index contributed by atoms with van der Waals surface area (Å²) < 4.78 is 1.79. The minimum absolute atomic E-state index is 0.0403. The minimum Gasteiger partial charge on any atom is -0.364 e. The predicted molar refractivity (Wildman–Crippen MR) is 84.8 cm³/mol. The average Bonchev–Trinajstić information content (AvgIpc) is 2.95. The van der Waals surface area contributed by atoms with Crippen LogP contribution in [0.5, 0.6) is 0 Å². The number of nitrogens with one attached hydrogen (secondary N) is 2. The fraction of sp³-hybridized carbons (Fsp3) is 0.0769. The minimum atomic E-state index is -0.423. The molecule has 7 nitrogen and oxygen atoms in total. The Morgan fingerprint density at radius 3 is 2.95 bits per heavy atom. The molecular formula is C13H13N5O2S. The van der Waals surface area contributed by atoms with Crippen molar-refractivity contribution in [3.8, 4) is 5.69 Å². The molecule has 0 aliphatic carbocycles. The lowest BCUT2D eigenvalue weighted by Gasteiger charge is -2.06. The van der Waals surface area contributed by atoms with E-state index < -0.39 is 4.92 Å². The van der Waals surface area contributed by atoms with E-state index in [9.17, 15) is 10.1 Å². The maximum Gasteiger partial charge on any atom is 0.271 e. The average molecular weight is 303 g/mol. The van der Waals surface area contributed by atoms with Gasteiger partial charge in [0.25, 0.3) is 5.69 Å². The molecule has 0 saturated heterocycles. The third-order valence-electron chi connectivity index (χ3n) is 2.69. The first-order valence-corrected chi connectivity index (χ1v) is 6.45. The molecule has 2 N–H and O–H groups in total. The van der Waals surface area contributed by atoms with Gasteiger partial charge in [0.1, 0.15) is 0 Å². The molecular weight excluding hydrogens is 290 g/mol. The van der Waals surface area contributed by atoms with Gasteiger partial charge in [-0.05, 0) is 30.4 Å². The van der Waals surface area contributed by atoms with Crippen LogP contribution in [0.1, 0.15) is 5.69 Å². The lowest BCUT2D eigenvalue weighted by molar-refractivity contribution is -0.384. The molecule has 0 radical (unpaired) electrons. The van der Waals surface area contributed by atoms with Crippen molar-refractivity contribution >= 4 is 29.2 Å². The number of thiocarbonyl (C=S) groups is 1. The summed E-state index contributed by atoms with van der Waals surface area (Å²) in [6, 6.07) is 10.1. The van der Waals surface area contributed by atoms with Crippen LogP contribution in [-0.4, -0.2) is 27.9 Å². The van der Waals surface area contributed by atoms with Gasteiger partial charge >= 0.3 is 0 Å². The van der Waals surface area contributed by atoms with Gasteiger partial charge < -0.3 is 9.88 Å². The summed E-state index contributed by atoms with van der Waals surface area (Å²) >= 11 is 4.90. The zero-order chi connectivity index (χ0) is 15.2. The summed E-state index contributed by atoms with van der Waals surface area (Å²) in [6.45, 7) is 0. The molecule has 0 aliphatic rings. The van der Waals surface area contributed by atoms with Crippen LogP contribution < -0.4 is 10.7 Å². The lowest BCUT2D eigenvalue weighted by Crippen LogP contribution is -2.28. The van der Waals surface area contributed by atoms with Crippen LogP contribution >= 0.6 is 12.2 Å². The SMILES string of the molecule is CNC(=S)N/N=C\c1cccn1-c1cccc([N+](=O)[O-])c1. The van der Waals surface area contributed by atoms with E-state index in [-0.39, 0.29) is 5.69 Å². The molecule has 2 aromatic rings. The highest BCUT2D eigenvalue weighted by Crippen LogP contribution is 2.18. The fourth-order valence-electron chi connectivity index (χ4n) is 1.70. The molecule has 1 heterocycles. The Balaban J connectivity index is 2.26. The summed E-state index contributed by atoms with van der Waals surface area (Å²) in [7, 11) is 1.69. The number of nitrogens with zero attached hydrogens (tertiary/aromatic N) is 3. The van der Waals surface area contributed by atoms with Crippen molar-refractivity contribution in [1.82, 2.24) is 15.3 Å². The van der Waals surface area contributed by atoms with Gasteiger partial charge in [-0.2, -0.15) is 5.10 Å². The molecule has 108 valence electrons. The molecule has 0 spiro atoms. The number of hydrogen-bond donors (Lipinski definition) is 2. The topological polar surface area (TPSA) is 84.5 Å². The third-order valence-corrected chi connectivity index (χ3v) is 2.98. The highest BCUT2D eigenvalue weighted by molar-refractivity contribution is 7.80. The smallest absolute Gasteiger partial charge is 0.271 e. The number of nitro benzene ring substituents is 1. The molecule has 1 aromatic carbocycles. The second-order valence-corrected chi connectivity index (χ2v) is 4.44. The number of hydrogen-bond acceptors (Lipinski definition) is 4. The van der Waals surface area contributed by atoms with Crippen LogP contribution in [0.4, 0.5) is 5.69 Å². The maximum atomic E-state index is 10.8. The summed E-state index contributed by atoms with van der Waals surface area (Å²) in [5, 5.41) is 18.0. The third kappa shape index (κ3) is 3.63. The number of rotatable bonds is 4.